The van der Waals surface area contributed by atoms with Crippen molar-refractivity contribution in [2.24, 2.45) is 0 Å². The van der Waals surface area contributed by atoms with Crippen LogP contribution in [0.1, 0.15) is 51.7 Å². The van der Waals surface area contributed by atoms with Gasteiger partial charge in [0.25, 0.3) is 11.8 Å². The van der Waals surface area contributed by atoms with Gasteiger partial charge in [-0.25, -0.2) is 8.78 Å². The quantitative estimate of drug-likeness (QED) is 0.681. The van der Waals surface area contributed by atoms with Crippen LogP contribution >= 0.6 is 11.6 Å². The van der Waals surface area contributed by atoms with Gasteiger partial charge in [0.15, 0.2) is 17.2 Å². The number of pyridine rings is 1. The van der Waals surface area contributed by atoms with E-state index >= 15 is 0 Å². The first kappa shape index (κ1) is 21.8. The number of methoxy groups -OCH3 is 1. The maximum Gasteiger partial charge on any atom is 0.276 e. The number of nitrogens with one attached hydrogen (secondary N) is 1. The number of hydrogen-bond donors (Lipinski definition) is 1. The Bertz CT molecular complexity index is 1250. The number of aromatic nitrogens is 1. The Morgan fingerprint density at radius 2 is 2.15 bits per heavy atom. The van der Waals surface area contributed by atoms with Crippen LogP contribution in [0.15, 0.2) is 23.1 Å². The van der Waals surface area contributed by atoms with Crippen LogP contribution in [0.25, 0.3) is 0 Å². The molecule has 0 bridgehead atoms. The number of halogens is 3. The lowest BCUT2D eigenvalue weighted by atomic mass is 9.99. The third kappa shape index (κ3) is 3.07. The normalized spacial score (nSPS) is 23.2. The zero-order valence-electron chi connectivity index (χ0n) is 17.6. The van der Waals surface area contributed by atoms with Gasteiger partial charge >= 0.3 is 0 Å². The fourth-order valence-electron chi connectivity index (χ4n) is 5.15. The molecule has 5 rings (SSSR count). The van der Waals surface area contributed by atoms with Crippen LogP contribution in [0, 0.1) is 11.6 Å². The van der Waals surface area contributed by atoms with Gasteiger partial charge < -0.3 is 24.3 Å². The molecule has 2 aliphatic heterocycles. The zero-order chi connectivity index (χ0) is 23.5. The number of benzene rings is 1. The smallest absolute Gasteiger partial charge is 0.276 e. The van der Waals surface area contributed by atoms with Crippen molar-refractivity contribution in [2.45, 2.75) is 37.6 Å². The fraction of sp³-hybridized carbons (Fsp3) is 0.409. The number of hydrogen-bond acceptors (Lipinski definition) is 5. The van der Waals surface area contributed by atoms with Gasteiger partial charge in [-0.3, -0.25) is 14.4 Å². The molecule has 33 heavy (non-hydrogen) atoms. The first-order chi connectivity index (χ1) is 15.8. The van der Waals surface area contributed by atoms with E-state index in [2.05, 4.69) is 5.32 Å². The standard InChI is InChI=1S/C22H20ClF2N3O5/c1-32-19-17-21(31)28-7-8-33-22(28)6-2-3-14(22)27(17)10-12(18(19)29)20(30)26-9-11-4-5-13(24)15(23)16(11)25/h4-5,10,14H,2-3,6-9H2,1H3,(H,26,30)/t14-,22-/m1/s1. The van der Waals surface area contributed by atoms with Gasteiger partial charge in [0, 0.05) is 24.8 Å². The summed E-state index contributed by atoms with van der Waals surface area (Å²) in [6.07, 6.45) is 3.51. The van der Waals surface area contributed by atoms with Crippen molar-refractivity contribution in [3.8, 4) is 5.75 Å². The topological polar surface area (TPSA) is 89.9 Å². The summed E-state index contributed by atoms with van der Waals surface area (Å²) < 4.78 is 40.5. The van der Waals surface area contributed by atoms with Crippen LogP contribution in [-0.2, 0) is 11.3 Å². The molecular weight excluding hydrogens is 460 g/mol. The number of ether oxygens (including phenoxy) is 2. The molecule has 3 heterocycles. The highest BCUT2D eigenvalue weighted by atomic mass is 35.5. The van der Waals surface area contributed by atoms with E-state index in [9.17, 15) is 23.2 Å². The third-order valence-corrected chi connectivity index (χ3v) is 6.98. The van der Waals surface area contributed by atoms with Gasteiger partial charge in [-0.15, -0.1) is 0 Å². The average Bonchev–Trinajstić information content (AvgIpc) is 3.43. The lowest BCUT2D eigenvalue weighted by Gasteiger charge is -2.44. The molecule has 1 N–H and O–H groups in total. The second-order valence-corrected chi connectivity index (χ2v) is 8.61. The lowest BCUT2D eigenvalue weighted by molar-refractivity contribution is -0.0987. The number of rotatable bonds is 4. The molecule has 2 amide bonds. The number of nitrogens with zero attached hydrogens (tertiary/aromatic N) is 2. The summed E-state index contributed by atoms with van der Waals surface area (Å²) in [5, 5.41) is 1.78. The Kier molecular flexibility index (Phi) is 5.17. The van der Waals surface area contributed by atoms with Crippen LogP contribution in [0.2, 0.25) is 5.02 Å². The van der Waals surface area contributed by atoms with Crippen LogP contribution in [0.3, 0.4) is 0 Å². The first-order valence-electron chi connectivity index (χ1n) is 10.5. The van der Waals surface area contributed by atoms with Gasteiger partial charge in [-0.05, 0) is 25.3 Å². The molecule has 2 aromatic rings. The summed E-state index contributed by atoms with van der Waals surface area (Å²) in [7, 11) is 1.26. The Hall–Kier alpha value is -2.98. The predicted octanol–water partition coefficient (Wildman–Crippen LogP) is 2.63. The van der Waals surface area contributed by atoms with Crippen molar-refractivity contribution in [3.63, 3.8) is 0 Å². The molecule has 1 spiro atoms. The molecular formula is C22H20ClF2N3O5. The molecule has 2 atom stereocenters. The minimum Gasteiger partial charge on any atom is -0.491 e. The van der Waals surface area contributed by atoms with E-state index in [1.807, 2.05) is 0 Å². The lowest BCUT2D eigenvalue weighted by Crippen LogP contribution is -2.56. The molecule has 1 saturated carbocycles. The SMILES string of the molecule is COc1c2n(cc(C(=O)NCc3ccc(F)c(Cl)c3F)c1=O)[C@@H]1CCC[C@@]13OCCN3C2=O. The summed E-state index contributed by atoms with van der Waals surface area (Å²) >= 11 is 5.59. The first-order valence-corrected chi connectivity index (χ1v) is 10.9. The van der Waals surface area contributed by atoms with Crippen LogP contribution < -0.4 is 15.5 Å². The van der Waals surface area contributed by atoms with Crippen LogP contribution in [0.5, 0.6) is 5.75 Å². The van der Waals surface area contributed by atoms with E-state index in [1.54, 1.807) is 9.47 Å². The number of carbonyl (C=O) groups excluding carboxylic acids is 2. The van der Waals surface area contributed by atoms with Gasteiger partial charge in [-0.2, -0.15) is 0 Å². The Morgan fingerprint density at radius 1 is 1.36 bits per heavy atom. The highest BCUT2D eigenvalue weighted by Gasteiger charge is 2.58. The Balaban J connectivity index is 1.53. The molecule has 1 aromatic heterocycles. The van der Waals surface area contributed by atoms with Crippen molar-refractivity contribution in [2.75, 3.05) is 20.3 Å². The highest BCUT2D eigenvalue weighted by molar-refractivity contribution is 6.30. The minimum atomic E-state index is -0.992. The molecule has 2 fully saturated rings. The molecule has 0 radical (unpaired) electrons. The Morgan fingerprint density at radius 3 is 2.91 bits per heavy atom. The highest BCUT2D eigenvalue weighted by Crippen LogP contribution is 2.51. The predicted molar refractivity (Wildman–Crippen MR) is 112 cm³/mol. The maximum atomic E-state index is 14.2. The van der Waals surface area contributed by atoms with Crippen molar-refractivity contribution < 1.29 is 27.8 Å². The van der Waals surface area contributed by atoms with E-state index in [-0.39, 0.29) is 41.1 Å². The van der Waals surface area contributed by atoms with Crippen LogP contribution in [-0.4, -0.2) is 47.3 Å². The van der Waals surface area contributed by atoms with Gasteiger partial charge in [-0.1, -0.05) is 17.7 Å². The molecule has 1 saturated heterocycles. The Labute approximate surface area is 192 Å². The van der Waals surface area contributed by atoms with Gasteiger partial charge in [0.05, 0.1) is 19.8 Å². The molecule has 0 unspecified atom stereocenters. The molecule has 1 aliphatic carbocycles. The van der Waals surface area contributed by atoms with E-state index in [4.69, 9.17) is 21.1 Å². The zero-order valence-corrected chi connectivity index (χ0v) is 18.4. The molecule has 8 nitrogen and oxygen atoms in total. The van der Waals surface area contributed by atoms with Crippen molar-refractivity contribution >= 4 is 23.4 Å². The number of fused-ring (bicyclic) bond motifs is 2. The summed E-state index contributed by atoms with van der Waals surface area (Å²) in [4.78, 5) is 40.9. The van der Waals surface area contributed by atoms with Gasteiger partial charge in [0.2, 0.25) is 5.43 Å². The molecule has 3 aliphatic rings. The maximum absolute atomic E-state index is 14.2. The summed E-state index contributed by atoms with van der Waals surface area (Å²) in [6, 6.07) is 1.87. The second kappa shape index (κ2) is 7.81. The van der Waals surface area contributed by atoms with E-state index in [0.29, 0.717) is 26.0 Å². The number of carbonyl (C=O) groups is 2. The molecule has 11 heteroatoms. The van der Waals surface area contributed by atoms with Crippen molar-refractivity contribution in [1.82, 2.24) is 14.8 Å². The summed E-state index contributed by atoms with van der Waals surface area (Å²) in [5.41, 5.74) is -1.77. The monoisotopic (exact) mass is 479 g/mol. The second-order valence-electron chi connectivity index (χ2n) is 8.24. The fourth-order valence-corrected chi connectivity index (χ4v) is 5.33. The summed E-state index contributed by atoms with van der Waals surface area (Å²) in [6.45, 7) is 0.487. The molecule has 1 aromatic carbocycles. The van der Waals surface area contributed by atoms with Crippen molar-refractivity contribution in [3.05, 3.63) is 62.0 Å². The van der Waals surface area contributed by atoms with E-state index in [0.717, 1.165) is 18.6 Å². The van der Waals surface area contributed by atoms with E-state index in [1.165, 1.54) is 13.3 Å². The van der Waals surface area contributed by atoms with Crippen LogP contribution in [0.4, 0.5) is 8.78 Å². The van der Waals surface area contributed by atoms with E-state index < -0.39 is 33.7 Å². The van der Waals surface area contributed by atoms with Crippen molar-refractivity contribution in [1.29, 1.82) is 0 Å². The third-order valence-electron chi connectivity index (χ3n) is 6.64. The molecule has 174 valence electrons. The number of amides is 2. The largest absolute Gasteiger partial charge is 0.491 e. The minimum absolute atomic E-state index is 0.0419. The van der Waals surface area contributed by atoms with Gasteiger partial charge in [0.1, 0.15) is 22.2 Å². The summed E-state index contributed by atoms with van der Waals surface area (Å²) in [5.74, 6) is -3.30. The average molecular weight is 480 g/mol.